The lowest BCUT2D eigenvalue weighted by Gasteiger charge is -2.11. The first-order chi connectivity index (χ1) is 18.5. The molecule has 0 unspecified atom stereocenters. The van der Waals surface area contributed by atoms with Gasteiger partial charge >= 0.3 is 0 Å². The van der Waals surface area contributed by atoms with Crippen LogP contribution >= 0.6 is 0 Å². The molecule has 0 atom stereocenters. The maximum absolute atomic E-state index is 13.0. The number of pyridine rings is 1. The molecule has 0 saturated heterocycles. The predicted molar refractivity (Wildman–Crippen MR) is 139 cm³/mol. The Hall–Kier alpha value is -5.26. The maximum atomic E-state index is 13.0. The average Bonchev–Trinajstić information content (AvgIpc) is 3.59. The summed E-state index contributed by atoms with van der Waals surface area (Å²) < 4.78 is 10.1. The number of anilines is 1. The van der Waals surface area contributed by atoms with Crippen LogP contribution in [0.4, 0.5) is 5.82 Å². The Bertz CT molecular complexity index is 1610. The molecule has 12 nitrogen and oxygen atoms in total. The number of amides is 1. The molecule has 1 amide bonds. The van der Waals surface area contributed by atoms with Crippen LogP contribution in [-0.2, 0) is 19.6 Å². The molecular weight excluding hydrogens is 486 g/mol. The van der Waals surface area contributed by atoms with Gasteiger partial charge in [0.05, 0.1) is 25.9 Å². The van der Waals surface area contributed by atoms with Crippen LogP contribution in [0.1, 0.15) is 27.0 Å². The fourth-order valence-electron chi connectivity index (χ4n) is 4.01. The van der Waals surface area contributed by atoms with Gasteiger partial charge in [0.1, 0.15) is 17.6 Å². The number of carbonyl (C=O) groups excluding carboxylic acids is 1. The number of rotatable bonds is 9. The van der Waals surface area contributed by atoms with E-state index in [1.807, 2.05) is 42.5 Å². The Morgan fingerprint density at radius 3 is 2.55 bits per heavy atom. The minimum atomic E-state index is -0.358. The fourth-order valence-corrected chi connectivity index (χ4v) is 4.01. The summed E-state index contributed by atoms with van der Waals surface area (Å²) in [4.78, 5) is 24.9. The van der Waals surface area contributed by atoms with E-state index in [1.54, 1.807) is 40.9 Å². The second-order valence-corrected chi connectivity index (χ2v) is 8.54. The van der Waals surface area contributed by atoms with Crippen LogP contribution in [0.5, 0.6) is 5.75 Å². The molecule has 5 rings (SSSR count). The molecule has 0 radical (unpaired) electrons. The van der Waals surface area contributed by atoms with Crippen molar-refractivity contribution in [2.24, 2.45) is 0 Å². The summed E-state index contributed by atoms with van der Waals surface area (Å²) in [6, 6.07) is 18.3. The minimum absolute atomic E-state index is 0.0487. The highest BCUT2D eigenvalue weighted by atomic mass is 16.5. The monoisotopic (exact) mass is 511 g/mol. The number of nitrogens with one attached hydrogen (secondary N) is 1. The molecule has 5 aromatic rings. The van der Waals surface area contributed by atoms with Crippen molar-refractivity contribution in [3.8, 4) is 11.4 Å². The Morgan fingerprint density at radius 2 is 1.84 bits per heavy atom. The number of ether oxygens (including phenoxy) is 1. The van der Waals surface area contributed by atoms with Gasteiger partial charge in [-0.1, -0.05) is 30.3 Å². The van der Waals surface area contributed by atoms with E-state index >= 15 is 0 Å². The zero-order valence-electron chi connectivity index (χ0n) is 20.6. The molecule has 0 aliphatic carbocycles. The normalized spacial score (nSPS) is 10.9. The van der Waals surface area contributed by atoms with Crippen molar-refractivity contribution in [1.29, 1.82) is 0 Å². The van der Waals surface area contributed by atoms with Gasteiger partial charge in [-0.05, 0) is 45.8 Å². The number of hydrogen-bond donors (Lipinski definition) is 2. The van der Waals surface area contributed by atoms with Crippen LogP contribution in [0.25, 0.3) is 5.69 Å². The molecular formula is C26H25N9O3. The molecule has 3 heterocycles. The quantitative estimate of drug-likeness (QED) is 0.303. The number of methoxy groups -OCH3 is 1. The Balaban J connectivity index is 1.25. The number of hydrogen-bond acceptors (Lipinski definition) is 8. The van der Waals surface area contributed by atoms with Crippen molar-refractivity contribution in [3.63, 3.8) is 0 Å². The maximum Gasteiger partial charge on any atom is 0.256 e. The predicted octanol–water partition coefficient (Wildman–Crippen LogP) is 1.64. The third-order valence-electron chi connectivity index (χ3n) is 5.98. The summed E-state index contributed by atoms with van der Waals surface area (Å²) in [6.07, 6.45) is 4.86. The summed E-state index contributed by atoms with van der Waals surface area (Å²) in [5.41, 5.74) is 9.74. The highest BCUT2D eigenvalue weighted by Crippen LogP contribution is 2.21. The third kappa shape index (κ3) is 5.43. The number of aromatic nitrogens is 7. The number of nitrogens with zero attached hydrogens (tertiary/aromatic N) is 7. The molecule has 2 aromatic carbocycles. The van der Waals surface area contributed by atoms with Crippen molar-refractivity contribution in [1.82, 2.24) is 39.9 Å². The molecule has 192 valence electrons. The number of benzene rings is 2. The molecule has 0 aliphatic heterocycles. The van der Waals surface area contributed by atoms with Crippen molar-refractivity contribution < 1.29 is 9.53 Å². The molecule has 3 N–H and O–H groups in total. The number of nitrogen functional groups attached to an aromatic ring is 1. The highest BCUT2D eigenvalue weighted by Gasteiger charge is 2.16. The van der Waals surface area contributed by atoms with E-state index in [4.69, 9.17) is 10.5 Å². The molecule has 38 heavy (non-hydrogen) atoms. The van der Waals surface area contributed by atoms with Gasteiger partial charge in [-0.15, -0.1) is 5.10 Å². The third-order valence-corrected chi connectivity index (χ3v) is 5.98. The zero-order chi connectivity index (χ0) is 26.5. The van der Waals surface area contributed by atoms with E-state index < -0.39 is 0 Å². The first-order valence-corrected chi connectivity index (χ1v) is 11.7. The topological polar surface area (TPSA) is 148 Å². The van der Waals surface area contributed by atoms with Crippen LogP contribution in [0, 0.1) is 0 Å². The SMILES string of the molecule is COc1ccc(-n2cnnn2)c(CNC(=O)c2cn(Cc3ccc(Cn4ccccc4=O)cc3)nc2N)c1. The van der Waals surface area contributed by atoms with Crippen molar-refractivity contribution >= 4 is 11.7 Å². The smallest absolute Gasteiger partial charge is 0.256 e. The van der Waals surface area contributed by atoms with Gasteiger partial charge < -0.3 is 20.4 Å². The second kappa shape index (κ2) is 10.8. The van der Waals surface area contributed by atoms with E-state index in [0.717, 1.165) is 16.7 Å². The van der Waals surface area contributed by atoms with E-state index in [9.17, 15) is 9.59 Å². The van der Waals surface area contributed by atoms with Crippen molar-refractivity contribution in [3.05, 3.63) is 112 Å². The average molecular weight is 512 g/mol. The Labute approximate surface area is 217 Å². The van der Waals surface area contributed by atoms with E-state index in [0.29, 0.717) is 24.5 Å². The van der Waals surface area contributed by atoms with Gasteiger partial charge in [-0.3, -0.25) is 14.3 Å². The molecule has 0 aliphatic rings. The molecule has 0 bridgehead atoms. The highest BCUT2D eigenvalue weighted by molar-refractivity contribution is 5.98. The van der Waals surface area contributed by atoms with Gasteiger partial charge in [0, 0.05) is 30.6 Å². The number of nitrogens with two attached hydrogens (primary N) is 1. The Kier molecular flexibility index (Phi) is 6.93. The van der Waals surface area contributed by atoms with Crippen molar-refractivity contribution in [2.75, 3.05) is 12.8 Å². The van der Waals surface area contributed by atoms with Crippen LogP contribution in [-0.4, -0.2) is 47.6 Å². The van der Waals surface area contributed by atoms with Gasteiger partial charge in [0.15, 0.2) is 5.82 Å². The Morgan fingerprint density at radius 1 is 1.05 bits per heavy atom. The lowest BCUT2D eigenvalue weighted by atomic mass is 10.1. The van der Waals surface area contributed by atoms with Crippen molar-refractivity contribution in [2.45, 2.75) is 19.6 Å². The van der Waals surface area contributed by atoms with E-state index in [1.165, 1.54) is 17.1 Å². The van der Waals surface area contributed by atoms with Gasteiger partial charge in [0.25, 0.3) is 11.5 Å². The first kappa shape index (κ1) is 24.4. The fraction of sp³-hybridized carbons (Fsp3) is 0.154. The summed E-state index contributed by atoms with van der Waals surface area (Å²) >= 11 is 0. The minimum Gasteiger partial charge on any atom is -0.497 e. The van der Waals surface area contributed by atoms with Gasteiger partial charge in [0.2, 0.25) is 0 Å². The molecule has 3 aromatic heterocycles. The van der Waals surface area contributed by atoms with Crippen LogP contribution in [0.15, 0.2) is 84.2 Å². The standard InChI is InChI=1S/C26H25N9O3/c1-38-21-9-10-23(35-17-29-31-32-35)20(12-21)13-28-26(37)22-16-34(30-25(22)27)15-19-7-5-18(6-8-19)14-33-11-3-2-4-24(33)36/h2-12,16-17H,13-15H2,1H3,(H2,27,30)(H,28,37). The largest absolute Gasteiger partial charge is 0.497 e. The second-order valence-electron chi connectivity index (χ2n) is 8.54. The number of tetrazole rings is 1. The van der Waals surface area contributed by atoms with Crippen LogP contribution in [0.3, 0.4) is 0 Å². The zero-order valence-corrected chi connectivity index (χ0v) is 20.6. The van der Waals surface area contributed by atoms with Crippen LogP contribution in [0.2, 0.25) is 0 Å². The van der Waals surface area contributed by atoms with E-state index in [2.05, 4.69) is 25.9 Å². The summed E-state index contributed by atoms with van der Waals surface area (Å²) in [5.74, 6) is 0.414. The molecule has 12 heteroatoms. The van der Waals surface area contributed by atoms with E-state index in [-0.39, 0.29) is 29.4 Å². The van der Waals surface area contributed by atoms with Gasteiger partial charge in [-0.25, -0.2) is 4.68 Å². The summed E-state index contributed by atoms with van der Waals surface area (Å²) in [5, 5.41) is 18.5. The van der Waals surface area contributed by atoms with Crippen LogP contribution < -0.4 is 21.3 Å². The lowest BCUT2D eigenvalue weighted by Crippen LogP contribution is -2.24. The van der Waals surface area contributed by atoms with Gasteiger partial charge in [-0.2, -0.15) is 5.10 Å². The molecule has 0 fully saturated rings. The number of carbonyl (C=O) groups is 1. The summed E-state index contributed by atoms with van der Waals surface area (Å²) in [7, 11) is 1.57. The summed E-state index contributed by atoms with van der Waals surface area (Å²) in [6.45, 7) is 1.12. The molecule has 0 spiro atoms. The lowest BCUT2D eigenvalue weighted by molar-refractivity contribution is 0.0951. The molecule has 0 saturated carbocycles. The first-order valence-electron chi connectivity index (χ1n) is 11.7.